The zero-order chi connectivity index (χ0) is 20.5. The zero-order valence-corrected chi connectivity index (χ0v) is 17.6. The summed E-state index contributed by atoms with van der Waals surface area (Å²) in [6.07, 6.45) is 2.94. The van der Waals surface area contributed by atoms with E-state index in [2.05, 4.69) is 10.6 Å². The number of hydrogen-bond donors (Lipinski definition) is 2. The molecule has 3 rings (SSSR count). The predicted octanol–water partition coefficient (Wildman–Crippen LogP) is 1.87. The second-order valence-corrected chi connectivity index (χ2v) is 10.2. The fourth-order valence-corrected chi connectivity index (χ4v) is 5.68. The quantitative estimate of drug-likeness (QED) is 0.729. The van der Waals surface area contributed by atoms with Crippen molar-refractivity contribution in [2.45, 2.75) is 51.7 Å². The van der Waals surface area contributed by atoms with Gasteiger partial charge in [0.25, 0.3) is 0 Å². The number of rotatable bonds is 5. The molecule has 1 heterocycles. The van der Waals surface area contributed by atoms with Crippen LogP contribution in [0.5, 0.6) is 0 Å². The molecule has 0 atom stereocenters. The maximum Gasteiger partial charge on any atom is 0.313 e. The molecular formula is C20H29N3O4S. The lowest BCUT2D eigenvalue weighted by atomic mass is 9.98. The second-order valence-electron chi connectivity index (χ2n) is 8.02. The van der Waals surface area contributed by atoms with Crippen molar-refractivity contribution < 1.29 is 18.0 Å². The van der Waals surface area contributed by atoms with Crippen LogP contribution in [0.4, 0.5) is 5.69 Å². The Morgan fingerprint density at radius 2 is 1.57 bits per heavy atom. The van der Waals surface area contributed by atoms with Crippen LogP contribution in [0, 0.1) is 26.7 Å². The molecule has 2 aliphatic rings. The van der Waals surface area contributed by atoms with Crippen LogP contribution in [0.1, 0.15) is 42.4 Å². The van der Waals surface area contributed by atoms with E-state index in [1.807, 2.05) is 32.9 Å². The van der Waals surface area contributed by atoms with Crippen molar-refractivity contribution in [3.05, 3.63) is 28.8 Å². The number of nitrogens with one attached hydrogen (secondary N) is 2. The van der Waals surface area contributed by atoms with Crippen molar-refractivity contribution in [2.24, 2.45) is 5.92 Å². The molecular weight excluding hydrogens is 378 g/mol. The summed E-state index contributed by atoms with van der Waals surface area (Å²) in [5.74, 6) is -1.15. The number of carbonyl (C=O) groups is 2. The standard InChI is InChI=1S/C20H29N3O4S/c1-13-10-14(2)18(15(3)11-13)22-20(25)19(24)21-12-16-6-8-23(9-7-16)28(26,27)17-4-5-17/h10-11,16-17H,4-9,12H2,1-3H3,(H,21,24)(H,22,25). The van der Waals surface area contributed by atoms with Crippen molar-refractivity contribution >= 4 is 27.5 Å². The summed E-state index contributed by atoms with van der Waals surface area (Å²) in [6, 6.07) is 3.92. The van der Waals surface area contributed by atoms with Gasteiger partial charge in [-0.2, -0.15) is 0 Å². The highest BCUT2D eigenvalue weighted by molar-refractivity contribution is 7.90. The first-order valence-electron chi connectivity index (χ1n) is 9.84. The Kier molecular flexibility index (Phi) is 6.09. The third kappa shape index (κ3) is 4.72. The molecule has 1 saturated carbocycles. The van der Waals surface area contributed by atoms with Gasteiger partial charge in [-0.3, -0.25) is 9.59 Å². The van der Waals surface area contributed by atoms with E-state index in [1.54, 1.807) is 4.31 Å². The number of nitrogens with zero attached hydrogens (tertiary/aromatic N) is 1. The van der Waals surface area contributed by atoms with Gasteiger partial charge in [0, 0.05) is 25.3 Å². The van der Waals surface area contributed by atoms with Crippen LogP contribution < -0.4 is 10.6 Å². The average molecular weight is 408 g/mol. The van der Waals surface area contributed by atoms with Crippen molar-refractivity contribution in [1.82, 2.24) is 9.62 Å². The average Bonchev–Trinajstić information content (AvgIpc) is 3.48. The summed E-state index contributed by atoms with van der Waals surface area (Å²) in [7, 11) is -3.12. The lowest BCUT2D eigenvalue weighted by Crippen LogP contribution is -2.44. The molecule has 1 aliphatic carbocycles. The first-order valence-corrected chi connectivity index (χ1v) is 11.3. The molecule has 1 aliphatic heterocycles. The Labute approximate surface area is 166 Å². The molecule has 8 heteroatoms. The first kappa shape index (κ1) is 20.8. The van der Waals surface area contributed by atoms with Crippen molar-refractivity contribution in [3.8, 4) is 0 Å². The second kappa shape index (κ2) is 8.21. The van der Waals surface area contributed by atoms with Gasteiger partial charge in [-0.25, -0.2) is 12.7 Å². The highest BCUT2D eigenvalue weighted by Crippen LogP contribution is 2.33. The van der Waals surface area contributed by atoms with Crippen LogP contribution in [0.15, 0.2) is 12.1 Å². The molecule has 28 heavy (non-hydrogen) atoms. The van der Waals surface area contributed by atoms with E-state index in [0.29, 0.717) is 38.2 Å². The van der Waals surface area contributed by atoms with Crippen LogP contribution in [0.25, 0.3) is 0 Å². The molecule has 0 unspecified atom stereocenters. The maximum atomic E-state index is 12.3. The van der Waals surface area contributed by atoms with Gasteiger partial charge in [-0.05, 0) is 63.5 Å². The lowest BCUT2D eigenvalue weighted by molar-refractivity contribution is -0.136. The lowest BCUT2D eigenvalue weighted by Gasteiger charge is -2.31. The van der Waals surface area contributed by atoms with E-state index >= 15 is 0 Å². The number of hydrogen-bond acceptors (Lipinski definition) is 4. The van der Waals surface area contributed by atoms with Crippen molar-refractivity contribution in [2.75, 3.05) is 25.0 Å². The molecule has 1 saturated heterocycles. The molecule has 154 valence electrons. The number of sulfonamides is 1. The number of carbonyl (C=O) groups excluding carboxylic acids is 2. The topological polar surface area (TPSA) is 95.6 Å². The molecule has 0 radical (unpaired) electrons. The normalized spacial score (nSPS) is 18.7. The Balaban J connectivity index is 1.46. The van der Waals surface area contributed by atoms with Crippen molar-refractivity contribution in [1.29, 1.82) is 0 Å². The minimum absolute atomic E-state index is 0.180. The zero-order valence-electron chi connectivity index (χ0n) is 16.7. The Morgan fingerprint density at radius 3 is 2.11 bits per heavy atom. The van der Waals surface area contributed by atoms with E-state index in [9.17, 15) is 18.0 Å². The predicted molar refractivity (Wildman–Crippen MR) is 109 cm³/mol. The molecule has 0 aromatic heterocycles. The van der Waals surface area contributed by atoms with Gasteiger partial charge >= 0.3 is 11.8 Å². The van der Waals surface area contributed by atoms with Crippen LogP contribution in [-0.2, 0) is 19.6 Å². The van der Waals surface area contributed by atoms with E-state index in [0.717, 1.165) is 29.5 Å². The summed E-state index contributed by atoms with van der Waals surface area (Å²) in [4.78, 5) is 24.4. The third-order valence-corrected chi connectivity index (χ3v) is 7.95. The summed E-state index contributed by atoms with van der Waals surface area (Å²) in [5, 5.41) is 5.21. The first-order chi connectivity index (χ1) is 13.2. The van der Waals surface area contributed by atoms with E-state index in [-0.39, 0.29) is 11.2 Å². The van der Waals surface area contributed by atoms with Gasteiger partial charge in [-0.1, -0.05) is 17.7 Å². The molecule has 7 nitrogen and oxygen atoms in total. The molecule has 1 aromatic rings. The van der Waals surface area contributed by atoms with Gasteiger partial charge in [0.1, 0.15) is 0 Å². The molecule has 2 amide bonds. The molecule has 1 aromatic carbocycles. The SMILES string of the molecule is Cc1cc(C)c(NC(=O)C(=O)NCC2CCN(S(=O)(=O)C3CC3)CC2)c(C)c1. The number of anilines is 1. The van der Waals surface area contributed by atoms with E-state index < -0.39 is 21.8 Å². The van der Waals surface area contributed by atoms with E-state index in [4.69, 9.17) is 0 Å². The summed E-state index contributed by atoms with van der Waals surface area (Å²) in [6.45, 7) is 7.16. The smallest absolute Gasteiger partial charge is 0.313 e. The maximum absolute atomic E-state index is 12.3. The van der Waals surface area contributed by atoms with Gasteiger partial charge in [0.05, 0.1) is 5.25 Å². The fraction of sp³-hybridized carbons (Fsp3) is 0.600. The fourth-order valence-electron chi connectivity index (χ4n) is 3.81. The molecule has 2 N–H and O–H groups in total. The van der Waals surface area contributed by atoms with Crippen LogP contribution in [0.2, 0.25) is 0 Å². The van der Waals surface area contributed by atoms with Gasteiger partial charge in [-0.15, -0.1) is 0 Å². The molecule has 2 fully saturated rings. The molecule has 0 spiro atoms. The summed E-state index contributed by atoms with van der Waals surface area (Å²) < 4.78 is 26.1. The molecule has 0 bridgehead atoms. The van der Waals surface area contributed by atoms with Gasteiger partial charge in [0.15, 0.2) is 0 Å². The number of amides is 2. The number of benzene rings is 1. The van der Waals surface area contributed by atoms with Gasteiger partial charge in [0.2, 0.25) is 10.0 Å². The van der Waals surface area contributed by atoms with E-state index in [1.165, 1.54) is 0 Å². The summed E-state index contributed by atoms with van der Waals surface area (Å²) >= 11 is 0. The monoisotopic (exact) mass is 407 g/mol. The summed E-state index contributed by atoms with van der Waals surface area (Å²) in [5.41, 5.74) is 3.61. The highest BCUT2D eigenvalue weighted by Gasteiger charge is 2.41. The Hall–Kier alpha value is -1.93. The number of piperidine rings is 1. The highest BCUT2D eigenvalue weighted by atomic mass is 32.2. The van der Waals surface area contributed by atoms with Crippen molar-refractivity contribution in [3.63, 3.8) is 0 Å². The van der Waals surface area contributed by atoms with Gasteiger partial charge < -0.3 is 10.6 Å². The minimum atomic E-state index is -3.12. The number of aryl methyl sites for hydroxylation is 3. The third-order valence-electron chi connectivity index (χ3n) is 5.55. The van der Waals surface area contributed by atoms with Crippen LogP contribution >= 0.6 is 0 Å². The Morgan fingerprint density at radius 1 is 1.00 bits per heavy atom. The largest absolute Gasteiger partial charge is 0.348 e. The van der Waals surface area contributed by atoms with Crippen LogP contribution in [0.3, 0.4) is 0 Å². The van der Waals surface area contributed by atoms with Crippen LogP contribution in [-0.4, -0.2) is 49.4 Å². The Bertz CT molecular complexity index is 846. The minimum Gasteiger partial charge on any atom is -0.348 e.